The summed E-state index contributed by atoms with van der Waals surface area (Å²) in [4.78, 5) is 24.2. The molecule has 3 rings (SSSR count). The van der Waals surface area contributed by atoms with Crippen molar-refractivity contribution < 1.29 is 39.5 Å². The second-order valence-electron chi connectivity index (χ2n) is 7.54. The summed E-state index contributed by atoms with van der Waals surface area (Å²) < 4.78 is 10.4. The van der Waals surface area contributed by atoms with Crippen LogP contribution in [-0.2, 0) is 9.59 Å². The van der Waals surface area contributed by atoms with Gasteiger partial charge in [-0.1, -0.05) is 0 Å². The van der Waals surface area contributed by atoms with Crippen LogP contribution in [0.5, 0.6) is 34.5 Å². The van der Waals surface area contributed by atoms with Crippen LogP contribution in [-0.4, -0.2) is 32.4 Å². The van der Waals surface area contributed by atoms with Gasteiger partial charge in [-0.2, -0.15) is 0 Å². The highest BCUT2D eigenvalue weighted by Crippen LogP contribution is 2.34. The lowest BCUT2D eigenvalue weighted by Crippen LogP contribution is -2.22. The van der Waals surface area contributed by atoms with E-state index in [0.29, 0.717) is 0 Å². The summed E-state index contributed by atoms with van der Waals surface area (Å²) in [5, 5.41) is 37.5. The number of rotatable bonds is 6. The minimum atomic E-state index is -0.407. The number of benzene rings is 2. The number of carbonyl (C=O) groups excluding carboxylic acids is 2. The number of hydrogen-bond acceptors (Lipinski definition) is 8. The molecule has 2 aromatic rings. The molecule has 0 bridgehead atoms. The van der Waals surface area contributed by atoms with E-state index in [1.165, 1.54) is 36.4 Å². The fourth-order valence-electron chi connectivity index (χ4n) is 3.59. The second-order valence-corrected chi connectivity index (χ2v) is 7.54. The summed E-state index contributed by atoms with van der Waals surface area (Å²) in [6, 6.07) is 7.68. The Morgan fingerprint density at radius 2 is 1.03 bits per heavy atom. The van der Waals surface area contributed by atoms with Gasteiger partial charge in [-0.15, -0.1) is 0 Å². The summed E-state index contributed by atoms with van der Waals surface area (Å²) in [7, 11) is 0. The molecule has 0 aromatic heterocycles. The fourth-order valence-corrected chi connectivity index (χ4v) is 3.59. The fraction of sp³-hybridized carbons (Fsp3) is 0.364. The Hall–Kier alpha value is -3.42. The van der Waals surface area contributed by atoms with E-state index in [1.807, 2.05) is 0 Å². The van der Waals surface area contributed by atoms with Gasteiger partial charge in [0, 0.05) is 25.0 Å². The van der Waals surface area contributed by atoms with Crippen LogP contribution < -0.4 is 9.47 Å². The third-order valence-corrected chi connectivity index (χ3v) is 5.23. The first-order valence-electron chi connectivity index (χ1n) is 9.75. The van der Waals surface area contributed by atoms with Gasteiger partial charge in [-0.05, 0) is 61.8 Å². The molecule has 1 aliphatic rings. The van der Waals surface area contributed by atoms with Crippen molar-refractivity contribution in [2.24, 2.45) is 11.8 Å². The monoisotopic (exact) mass is 416 g/mol. The Morgan fingerprint density at radius 1 is 0.667 bits per heavy atom. The zero-order valence-corrected chi connectivity index (χ0v) is 16.3. The molecule has 8 heteroatoms. The van der Waals surface area contributed by atoms with Crippen LogP contribution in [0, 0.1) is 11.8 Å². The molecule has 0 heterocycles. The summed E-state index contributed by atoms with van der Waals surface area (Å²) in [6.07, 6.45) is 3.63. The lowest BCUT2D eigenvalue weighted by molar-refractivity contribution is -0.137. The van der Waals surface area contributed by atoms with Crippen molar-refractivity contribution in [2.75, 3.05) is 0 Å². The van der Waals surface area contributed by atoms with Crippen molar-refractivity contribution in [2.45, 2.75) is 38.5 Å². The number of phenolic OH excluding ortho intramolecular Hbond substituents is 4. The third kappa shape index (κ3) is 5.79. The molecule has 0 atom stereocenters. The van der Waals surface area contributed by atoms with Gasteiger partial charge >= 0.3 is 11.9 Å². The summed E-state index contributed by atoms with van der Waals surface area (Å²) >= 11 is 0. The molecule has 0 amide bonds. The Balaban J connectivity index is 1.40. The lowest BCUT2D eigenvalue weighted by atomic mass is 9.79. The quantitative estimate of drug-likeness (QED) is 0.319. The van der Waals surface area contributed by atoms with Crippen LogP contribution >= 0.6 is 0 Å². The van der Waals surface area contributed by atoms with Gasteiger partial charge in [0.1, 0.15) is 11.5 Å². The predicted molar refractivity (Wildman–Crippen MR) is 105 cm³/mol. The van der Waals surface area contributed by atoms with Crippen LogP contribution in [0.4, 0.5) is 0 Å². The van der Waals surface area contributed by atoms with Gasteiger partial charge in [-0.3, -0.25) is 9.59 Å². The van der Waals surface area contributed by atoms with E-state index in [4.69, 9.17) is 9.47 Å². The van der Waals surface area contributed by atoms with E-state index in [1.54, 1.807) is 0 Å². The number of phenols is 4. The van der Waals surface area contributed by atoms with Crippen molar-refractivity contribution in [3.05, 3.63) is 36.4 Å². The van der Waals surface area contributed by atoms with E-state index in [-0.39, 0.29) is 59.2 Å². The largest absolute Gasteiger partial charge is 0.504 e. The van der Waals surface area contributed by atoms with Gasteiger partial charge in [0.15, 0.2) is 23.0 Å². The van der Waals surface area contributed by atoms with Gasteiger partial charge in [-0.25, -0.2) is 0 Å². The molecule has 1 aliphatic carbocycles. The van der Waals surface area contributed by atoms with Crippen LogP contribution in [0.2, 0.25) is 0 Å². The second kappa shape index (κ2) is 9.39. The molecule has 8 nitrogen and oxygen atoms in total. The first-order valence-corrected chi connectivity index (χ1v) is 9.75. The summed E-state index contributed by atoms with van der Waals surface area (Å²) in [6.45, 7) is 0. The average molecular weight is 416 g/mol. The van der Waals surface area contributed by atoms with Crippen LogP contribution in [0.25, 0.3) is 0 Å². The molecule has 1 fully saturated rings. The van der Waals surface area contributed by atoms with E-state index < -0.39 is 11.9 Å². The number of aromatic hydroxyl groups is 4. The molecule has 30 heavy (non-hydrogen) atoms. The first kappa shape index (κ1) is 21.3. The van der Waals surface area contributed by atoms with E-state index in [0.717, 1.165) is 25.7 Å². The smallest absolute Gasteiger partial charge is 0.311 e. The first-order chi connectivity index (χ1) is 14.3. The minimum absolute atomic E-state index is 0.157. The molecule has 0 saturated heterocycles. The van der Waals surface area contributed by atoms with E-state index in [9.17, 15) is 30.0 Å². The van der Waals surface area contributed by atoms with Crippen molar-refractivity contribution in [3.63, 3.8) is 0 Å². The average Bonchev–Trinajstić information content (AvgIpc) is 2.69. The highest BCUT2D eigenvalue weighted by atomic mass is 16.5. The number of esters is 2. The van der Waals surface area contributed by atoms with Gasteiger partial charge in [0.2, 0.25) is 0 Å². The van der Waals surface area contributed by atoms with Crippen molar-refractivity contribution in [1.82, 2.24) is 0 Å². The maximum absolute atomic E-state index is 12.1. The van der Waals surface area contributed by atoms with E-state index in [2.05, 4.69) is 0 Å². The van der Waals surface area contributed by atoms with Crippen LogP contribution in [0.15, 0.2) is 36.4 Å². The molecule has 160 valence electrons. The standard InChI is InChI=1S/C22H24O8/c23-17-7-5-15(11-19(17)25)29-21(27)9-13-1-2-14(4-3-13)10-22(28)30-16-6-8-18(24)20(26)12-16/h5-8,11-14,23-26H,1-4,9-10H2. The van der Waals surface area contributed by atoms with Gasteiger partial charge < -0.3 is 29.9 Å². The SMILES string of the molecule is O=C(CC1CCC(CC(=O)Oc2ccc(O)c(O)c2)CC1)Oc1ccc(O)c(O)c1. The Bertz CT molecular complexity index is 840. The highest BCUT2D eigenvalue weighted by Gasteiger charge is 2.26. The minimum Gasteiger partial charge on any atom is -0.504 e. The molecule has 0 radical (unpaired) electrons. The molecule has 0 spiro atoms. The summed E-state index contributed by atoms with van der Waals surface area (Å²) in [5.74, 6) is -1.42. The van der Waals surface area contributed by atoms with Crippen molar-refractivity contribution in [3.8, 4) is 34.5 Å². The van der Waals surface area contributed by atoms with E-state index >= 15 is 0 Å². The zero-order chi connectivity index (χ0) is 21.7. The maximum atomic E-state index is 12.1. The lowest BCUT2D eigenvalue weighted by Gasteiger charge is -2.27. The maximum Gasteiger partial charge on any atom is 0.311 e. The molecule has 1 saturated carbocycles. The molecule has 0 aliphatic heterocycles. The molecule has 2 aromatic carbocycles. The third-order valence-electron chi connectivity index (χ3n) is 5.23. The number of carbonyl (C=O) groups is 2. The van der Waals surface area contributed by atoms with Crippen LogP contribution in [0.3, 0.4) is 0 Å². The number of hydrogen-bond donors (Lipinski definition) is 4. The number of ether oxygens (including phenoxy) is 2. The molecular weight excluding hydrogens is 392 g/mol. The highest BCUT2D eigenvalue weighted by molar-refractivity contribution is 5.73. The zero-order valence-electron chi connectivity index (χ0n) is 16.3. The predicted octanol–water partition coefficient (Wildman–Crippen LogP) is 3.61. The van der Waals surface area contributed by atoms with Crippen LogP contribution in [0.1, 0.15) is 38.5 Å². The van der Waals surface area contributed by atoms with Crippen molar-refractivity contribution >= 4 is 11.9 Å². The van der Waals surface area contributed by atoms with Gasteiger partial charge in [0.05, 0.1) is 0 Å². The normalized spacial score (nSPS) is 18.5. The Kier molecular flexibility index (Phi) is 6.66. The Morgan fingerprint density at radius 3 is 1.37 bits per heavy atom. The topological polar surface area (TPSA) is 134 Å². The van der Waals surface area contributed by atoms with Crippen molar-refractivity contribution in [1.29, 1.82) is 0 Å². The summed E-state index contributed by atoms with van der Waals surface area (Å²) in [5.41, 5.74) is 0. The Labute approximate surface area is 173 Å². The molecule has 4 N–H and O–H groups in total. The molecule has 0 unspecified atom stereocenters. The van der Waals surface area contributed by atoms with Gasteiger partial charge in [0.25, 0.3) is 0 Å². The molecular formula is C22H24O8.